The Morgan fingerprint density at radius 2 is 1.37 bits per heavy atom. The van der Waals surface area contributed by atoms with Gasteiger partial charge < -0.3 is 19.4 Å². The van der Waals surface area contributed by atoms with Crippen molar-refractivity contribution in [2.45, 2.75) is 99.0 Å². The zero-order chi connectivity index (χ0) is 37.6. The highest BCUT2D eigenvalue weighted by Crippen LogP contribution is 2.63. The second kappa shape index (κ2) is 11.8. The molecule has 0 radical (unpaired) electrons. The van der Waals surface area contributed by atoms with Gasteiger partial charge in [0.05, 0.1) is 18.8 Å². The maximum absolute atomic E-state index is 6.12. The Morgan fingerprint density at radius 3 is 2.25 bits per heavy atom. The highest BCUT2D eigenvalue weighted by atomic mass is 32.2. The first-order valence-electron chi connectivity index (χ1n) is 21.4. The maximum Gasteiger partial charge on any atom is 0.252 e. The van der Waals surface area contributed by atoms with Gasteiger partial charge in [-0.2, -0.15) is 0 Å². The fourth-order valence-corrected chi connectivity index (χ4v) is 13.4. The summed E-state index contributed by atoms with van der Waals surface area (Å²) in [5.74, 6) is 0. The summed E-state index contributed by atoms with van der Waals surface area (Å²) in [6.45, 7) is 6.83. The molecule has 6 aromatic carbocycles. The summed E-state index contributed by atoms with van der Waals surface area (Å²) in [6.07, 6.45) is 10.8. The Balaban J connectivity index is 1.13. The number of hydrogen-bond acceptors (Lipinski definition) is 5. The molecule has 0 amide bonds. The number of hydrogen-bond donors (Lipinski definition) is 0. The number of benzene rings is 6. The predicted octanol–water partition coefficient (Wildman–Crippen LogP) is 10.9. The molecule has 5 heterocycles. The Kier molecular flexibility index (Phi) is 6.87. The minimum absolute atomic E-state index is 0.000447. The number of nitrogens with zero attached hydrogens (tertiary/aromatic N) is 3. The minimum Gasteiger partial charge on any atom is -0.376 e. The first-order chi connectivity index (χ1) is 28.0. The van der Waals surface area contributed by atoms with Gasteiger partial charge in [-0.15, -0.1) is 0 Å². The van der Waals surface area contributed by atoms with E-state index in [1.54, 1.807) is 5.56 Å². The smallest absolute Gasteiger partial charge is 0.252 e. The summed E-state index contributed by atoms with van der Waals surface area (Å²) < 4.78 is 6.12. The number of anilines is 8. The quantitative estimate of drug-likeness (QED) is 0.155. The van der Waals surface area contributed by atoms with Gasteiger partial charge in [0.2, 0.25) is 0 Å². The summed E-state index contributed by atoms with van der Waals surface area (Å²) in [6, 6.07) is 43.0. The molecule has 2 atom stereocenters. The van der Waals surface area contributed by atoms with Gasteiger partial charge in [-0.05, 0) is 157 Å². The first kappa shape index (κ1) is 33.1. The number of ether oxygens (including phenoxy) is 1. The molecule has 1 fully saturated rings. The van der Waals surface area contributed by atoms with Crippen molar-refractivity contribution in [1.29, 1.82) is 0 Å². The monoisotopic (exact) mass is 759 g/mol. The first-order valence-corrected chi connectivity index (χ1v) is 22.2. The van der Waals surface area contributed by atoms with Crippen LogP contribution in [0.1, 0.15) is 80.2 Å². The Bertz CT molecular complexity index is 2730. The lowest BCUT2D eigenvalue weighted by Crippen LogP contribution is -2.64. The molecule has 4 nitrogen and oxygen atoms in total. The van der Waals surface area contributed by atoms with Crippen LogP contribution in [-0.2, 0) is 36.0 Å². The molecular formula is C51H46BN3OS. The third kappa shape index (κ3) is 4.36. The lowest BCUT2D eigenvalue weighted by Gasteiger charge is -2.53. The van der Waals surface area contributed by atoms with Crippen LogP contribution in [0, 0.1) is 0 Å². The van der Waals surface area contributed by atoms with Crippen LogP contribution >= 0.6 is 11.8 Å². The van der Waals surface area contributed by atoms with Crippen molar-refractivity contribution >= 4 is 80.4 Å². The summed E-state index contributed by atoms with van der Waals surface area (Å²) >= 11 is 1.87. The van der Waals surface area contributed by atoms with Crippen molar-refractivity contribution in [3.05, 3.63) is 137 Å². The average Bonchev–Trinajstić information content (AvgIpc) is 3.46. The minimum atomic E-state index is 0.000447. The van der Waals surface area contributed by atoms with Crippen LogP contribution in [0.2, 0.25) is 0 Å². The van der Waals surface area contributed by atoms with E-state index < -0.39 is 0 Å². The predicted molar refractivity (Wildman–Crippen MR) is 237 cm³/mol. The standard InChI is InChI=1S/C51H46BN3OS/c1-50-25-5-6-26-51(50,2)55-48-40-24-27-56-31-33(40)18-21-43(48)52-42-22-19-36-30-46(42)54(45-23-20-41(50)49(55)47(45)52)35-13-9-15-38(29-35)57-37-14-8-12-34(28-37)53(36)44-17-7-11-32-10-3-4-16-39(32)44/h7-9,11-15,17-23,28-30H,3-6,10,16,24-27,31H2,1-2H3. The zero-order valence-corrected chi connectivity index (χ0v) is 33.7. The third-order valence-corrected chi connectivity index (χ3v) is 16.3. The van der Waals surface area contributed by atoms with E-state index in [1.807, 2.05) is 11.8 Å². The van der Waals surface area contributed by atoms with Crippen LogP contribution < -0.4 is 31.1 Å². The van der Waals surface area contributed by atoms with Gasteiger partial charge in [-0.25, -0.2) is 0 Å². The van der Waals surface area contributed by atoms with Crippen LogP contribution in [0.25, 0.3) is 0 Å². The lowest BCUT2D eigenvalue weighted by molar-refractivity contribution is 0.110. The van der Waals surface area contributed by atoms with E-state index in [1.165, 1.54) is 132 Å². The van der Waals surface area contributed by atoms with Gasteiger partial charge in [0.1, 0.15) is 0 Å². The zero-order valence-electron chi connectivity index (χ0n) is 32.9. The van der Waals surface area contributed by atoms with E-state index in [9.17, 15) is 0 Å². The topological polar surface area (TPSA) is 19.0 Å². The second-order valence-corrected chi connectivity index (χ2v) is 19.2. The molecule has 7 aliphatic rings. The molecule has 2 unspecified atom stereocenters. The van der Waals surface area contributed by atoms with Crippen LogP contribution in [0.3, 0.4) is 0 Å². The van der Waals surface area contributed by atoms with Crippen molar-refractivity contribution in [3.63, 3.8) is 0 Å². The molecule has 57 heavy (non-hydrogen) atoms. The van der Waals surface area contributed by atoms with E-state index >= 15 is 0 Å². The van der Waals surface area contributed by atoms with Crippen LogP contribution in [0.5, 0.6) is 0 Å². The average molecular weight is 760 g/mol. The molecule has 6 heteroatoms. The van der Waals surface area contributed by atoms with Gasteiger partial charge in [-0.1, -0.05) is 80.1 Å². The third-order valence-electron chi connectivity index (χ3n) is 15.3. The van der Waals surface area contributed by atoms with Gasteiger partial charge >= 0.3 is 0 Å². The molecule has 0 aromatic heterocycles. The van der Waals surface area contributed by atoms with Crippen molar-refractivity contribution in [2.24, 2.45) is 0 Å². The van der Waals surface area contributed by atoms with Gasteiger partial charge in [-0.3, -0.25) is 0 Å². The molecule has 0 saturated heterocycles. The van der Waals surface area contributed by atoms with E-state index in [0.717, 1.165) is 25.9 Å². The molecule has 13 rings (SSSR count). The summed E-state index contributed by atoms with van der Waals surface area (Å²) in [5.41, 5.74) is 22.5. The van der Waals surface area contributed by atoms with Crippen molar-refractivity contribution in [1.82, 2.24) is 0 Å². The molecule has 280 valence electrons. The fraction of sp³-hybridized carbons (Fsp3) is 0.294. The summed E-state index contributed by atoms with van der Waals surface area (Å²) in [5, 5.41) is 0. The highest BCUT2D eigenvalue weighted by Gasteiger charge is 2.62. The lowest BCUT2D eigenvalue weighted by atomic mass is 9.33. The van der Waals surface area contributed by atoms with Crippen LogP contribution in [0.15, 0.2) is 119 Å². The summed E-state index contributed by atoms with van der Waals surface area (Å²) in [4.78, 5) is 10.6. The fourth-order valence-electron chi connectivity index (χ4n) is 12.5. The van der Waals surface area contributed by atoms with Crippen molar-refractivity contribution in [3.8, 4) is 0 Å². The second-order valence-electron chi connectivity index (χ2n) is 18.1. The largest absolute Gasteiger partial charge is 0.376 e. The van der Waals surface area contributed by atoms with E-state index in [0.29, 0.717) is 6.61 Å². The number of fused-ring (bicyclic) bond motifs is 17. The number of rotatable bonds is 1. The molecule has 5 aliphatic heterocycles. The molecule has 2 aliphatic carbocycles. The maximum atomic E-state index is 6.12. The van der Waals surface area contributed by atoms with E-state index in [-0.39, 0.29) is 17.7 Å². The van der Waals surface area contributed by atoms with Crippen molar-refractivity contribution in [2.75, 3.05) is 21.3 Å². The van der Waals surface area contributed by atoms with E-state index in [4.69, 9.17) is 4.74 Å². The van der Waals surface area contributed by atoms with Gasteiger partial charge in [0.25, 0.3) is 6.71 Å². The van der Waals surface area contributed by atoms with Crippen LogP contribution in [0.4, 0.5) is 45.5 Å². The Morgan fingerprint density at radius 1 is 0.596 bits per heavy atom. The molecule has 0 spiro atoms. The molecule has 0 N–H and O–H groups in total. The Labute approximate surface area is 340 Å². The molecular weight excluding hydrogens is 713 g/mol. The normalized spacial score (nSPS) is 23.1. The van der Waals surface area contributed by atoms with Crippen molar-refractivity contribution < 1.29 is 4.74 Å². The van der Waals surface area contributed by atoms with E-state index in [2.05, 4.69) is 138 Å². The highest BCUT2D eigenvalue weighted by molar-refractivity contribution is 7.99. The Hall–Kier alpha value is -4.91. The molecule has 6 bridgehead atoms. The van der Waals surface area contributed by atoms with Gasteiger partial charge in [0, 0.05) is 60.7 Å². The van der Waals surface area contributed by atoms with Gasteiger partial charge in [0.15, 0.2) is 0 Å². The molecule has 1 saturated carbocycles. The molecule has 6 aromatic rings. The number of aryl methyl sites for hydroxylation is 1. The summed E-state index contributed by atoms with van der Waals surface area (Å²) in [7, 11) is 0. The SMILES string of the molecule is CC12CCCCC1(C)N1c3c(ccc4c3CCOC4)B3c4ccc5cc4N(c4cccc(c4)Sc4cccc(c4)N5c4cccc5c4CCCC5)c4ccc2c1c43. The van der Waals surface area contributed by atoms with Crippen LogP contribution in [-0.4, -0.2) is 18.9 Å².